The average molecular weight is 550 g/mol. The van der Waals surface area contributed by atoms with Gasteiger partial charge in [-0.05, 0) is 38.1 Å². The molecule has 0 aliphatic rings. The van der Waals surface area contributed by atoms with Crippen LogP contribution >= 0.6 is 0 Å². The van der Waals surface area contributed by atoms with E-state index < -0.39 is 27.9 Å². The van der Waals surface area contributed by atoms with Crippen molar-refractivity contribution in [3.05, 3.63) is 53.6 Å². The second-order valence-corrected chi connectivity index (χ2v) is 9.65. The Bertz CT molecular complexity index is 1310. The van der Waals surface area contributed by atoms with Crippen LogP contribution in [-0.4, -0.2) is 80.9 Å². The van der Waals surface area contributed by atoms with Gasteiger partial charge in [0.05, 0.1) is 67.7 Å². The van der Waals surface area contributed by atoms with Crippen LogP contribution in [0.25, 0.3) is 0 Å². The highest BCUT2D eigenvalue weighted by Gasteiger charge is 2.27. The summed E-state index contributed by atoms with van der Waals surface area (Å²) in [5.41, 5.74) is 0.688. The van der Waals surface area contributed by atoms with Crippen LogP contribution in [-0.2, 0) is 60.0 Å². The van der Waals surface area contributed by atoms with Crippen LogP contribution in [0.15, 0.2) is 41.6 Å². The molecule has 2 aromatic heterocycles. The topological polar surface area (TPSA) is 178 Å². The fourth-order valence-corrected chi connectivity index (χ4v) is 4.65. The van der Waals surface area contributed by atoms with Gasteiger partial charge in [0, 0.05) is 0 Å². The van der Waals surface area contributed by atoms with Gasteiger partial charge >= 0.3 is 17.9 Å². The standard InChI is InChI=1S/C22H27N7O8S/c1-4-36-20(30)14-27-10-17(23-25-27)12-29(13-18-11-28(26-24-18)15-21(31)37-5-2)38(33,34)19-8-6-16(7-9-19)22(32)35-3/h6-11H,4-5,12-15H2,1-3H3. The number of hydrogen-bond donors (Lipinski definition) is 0. The van der Waals surface area contributed by atoms with Crippen LogP contribution < -0.4 is 0 Å². The molecule has 0 amide bonds. The number of benzene rings is 1. The molecule has 3 aromatic rings. The lowest BCUT2D eigenvalue weighted by atomic mass is 10.2. The zero-order valence-corrected chi connectivity index (χ0v) is 21.8. The summed E-state index contributed by atoms with van der Waals surface area (Å²) < 4.78 is 45.2. The third-order valence-corrected chi connectivity index (χ3v) is 6.76. The van der Waals surface area contributed by atoms with E-state index >= 15 is 0 Å². The van der Waals surface area contributed by atoms with E-state index in [0.29, 0.717) is 0 Å². The van der Waals surface area contributed by atoms with Crippen molar-refractivity contribution in [2.75, 3.05) is 20.3 Å². The first-order valence-electron chi connectivity index (χ1n) is 11.4. The summed E-state index contributed by atoms with van der Waals surface area (Å²) in [6.07, 6.45) is 2.86. The molecule has 0 atom stereocenters. The Morgan fingerprint density at radius 1 is 0.842 bits per heavy atom. The largest absolute Gasteiger partial charge is 0.465 e. The fraction of sp³-hybridized carbons (Fsp3) is 0.409. The highest BCUT2D eigenvalue weighted by atomic mass is 32.2. The van der Waals surface area contributed by atoms with Crippen molar-refractivity contribution in [2.45, 2.75) is 44.9 Å². The maximum Gasteiger partial charge on any atom is 0.337 e. The van der Waals surface area contributed by atoms with E-state index in [9.17, 15) is 22.8 Å². The second kappa shape index (κ2) is 12.9. The monoisotopic (exact) mass is 549 g/mol. The summed E-state index contributed by atoms with van der Waals surface area (Å²) in [5, 5.41) is 15.6. The molecule has 204 valence electrons. The number of sulfonamides is 1. The fourth-order valence-electron chi connectivity index (χ4n) is 3.27. The Balaban J connectivity index is 1.87. The molecule has 15 nitrogen and oxygen atoms in total. The number of methoxy groups -OCH3 is 1. The summed E-state index contributed by atoms with van der Waals surface area (Å²) in [6.45, 7) is 2.93. The number of nitrogens with zero attached hydrogens (tertiary/aromatic N) is 7. The van der Waals surface area contributed by atoms with E-state index in [1.54, 1.807) is 13.8 Å². The predicted molar refractivity (Wildman–Crippen MR) is 128 cm³/mol. The molecule has 3 rings (SSSR count). The van der Waals surface area contributed by atoms with Crippen LogP contribution in [0.2, 0.25) is 0 Å². The van der Waals surface area contributed by atoms with Gasteiger partial charge < -0.3 is 14.2 Å². The van der Waals surface area contributed by atoms with E-state index in [1.165, 1.54) is 53.1 Å². The molecule has 2 heterocycles. The minimum atomic E-state index is -4.15. The van der Waals surface area contributed by atoms with Crippen LogP contribution in [0.4, 0.5) is 0 Å². The molecule has 0 saturated heterocycles. The molecule has 0 N–H and O–H groups in total. The highest BCUT2D eigenvalue weighted by Crippen LogP contribution is 2.21. The zero-order chi connectivity index (χ0) is 27.7. The molecule has 0 aliphatic heterocycles. The van der Waals surface area contributed by atoms with Crippen LogP contribution in [0.1, 0.15) is 35.6 Å². The molecule has 0 radical (unpaired) electrons. The van der Waals surface area contributed by atoms with E-state index in [1.807, 2.05) is 0 Å². The molecule has 16 heteroatoms. The number of ether oxygens (including phenoxy) is 3. The highest BCUT2D eigenvalue weighted by molar-refractivity contribution is 7.89. The third-order valence-electron chi connectivity index (χ3n) is 4.95. The van der Waals surface area contributed by atoms with Crippen molar-refractivity contribution in [1.82, 2.24) is 34.3 Å². The molecule has 0 fully saturated rings. The Kier molecular flexibility index (Phi) is 9.61. The van der Waals surface area contributed by atoms with E-state index in [-0.39, 0.29) is 61.2 Å². The van der Waals surface area contributed by atoms with Gasteiger partial charge in [-0.1, -0.05) is 10.4 Å². The minimum absolute atomic E-state index is 0.0945. The molecule has 0 spiro atoms. The van der Waals surface area contributed by atoms with E-state index in [0.717, 1.165) is 4.31 Å². The van der Waals surface area contributed by atoms with Crippen LogP contribution in [0, 0.1) is 0 Å². The van der Waals surface area contributed by atoms with Crippen molar-refractivity contribution in [3.63, 3.8) is 0 Å². The van der Waals surface area contributed by atoms with Crippen LogP contribution in [0.3, 0.4) is 0 Å². The molecule has 0 unspecified atom stereocenters. The van der Waals surface area contributed by atoms with Gasteiger partial charge in [-0.25, -0.2) is 22.6 Å². The van der Waals surface area contributed by atoms with E-state index in [2.05, 4.69) is 25.4 Å². The minimum Gasteiger partial charge on any atom is -0.465 e. The quantitative estimate of drug-likeness (QED) is 0.209. The normalized spacial score (nSPS) is 11.4. The zero-order valence-electron chi connectivity index (χ0n) is 21.0. The first kappa shape index (κ1) is 28.4. The first-order valence-corrected chi connectivity index (χ1v) is 12.9. The third kappa shape index (κ3) is 7.42. The summed E-state index contributed by atoms with van der Waals surface area (Å²) in [6, 6.07) is 5.23. The summed E-state index contributed by atoms with van der Waals surface area (Å²) in [5.74, 6) is -1.64. The van der Waals surface area contributed by atoms with Gasteiger partial charge in [0.1, 0.15) is 13.1 Å². The number of hydrogen-bond acceptors (Lipinski definition) is 12. The molecule has 0 aliphatic carbocycles. The number of rotatable bonds is 13. The molecule has 38 heavy (non-hydrogen) atoms. The van der Waals surface area contributed by atoms with Crippen molar-refractivity contribution >= 4 is 27.9 Å². The average Bonchev–Trinajstić information content (AvgIpc) is 3.52. The van der Waals surface area contributed by atoms with Gasteiger partial charge in [-0.2, -0.15) is 4.31 Å². The Hall–Kier alpha value is -4.18. The molecule has 0 bridgehead atoms. The van der Waals surface area contributed by atoms with Crippen molar-refractivity contribution in [3.8, 4) is 0 Å². The van der Waals surface area contributed by atoms with Crippen LogP contribution in [0.5, 0.6) is 0 Å². The van der Waals surface area contributed by atoms with Crippen molar-refractivity contribution in [1.29, 1.82) is 0 Å². The molecule has 1 aromatic carbocycles. The maximum absolute atomic E-state index is 13.6. The lowest BCUT2D eigenvalue weighted by Crippen LogP contribution is -2.30. The SMILES string of the molecule is CCOC(=O)Cn1cc(CN(Cc2cn(CC(=O)OCC)nn2)S(=O)(=O)c2ccc(C(=O)OC)cc2)nn1. The van der Waals surface area contributed by atoms with Gasteiger partial charge in [-0.15, -0.1) is 10.2 Å². The molecular formula is C22H27N7O8S. The summed E-state index contributed by atoms with van der Waals surface area (Å²) in [4.78, 5) is 35.1. The molecule has 0 saturated carbocycles. The Labute approximate surface area is 218 Å². The number of carbonyl (C=O) groups is 3. The first-order chi connectivity index (χ1) is 18.2. The Morgan fingerprint density at radius 3 is 1.74 bits per heavy atom. The van der Waals surface area contributed by atoms with Gasteiger partial charge in [0.25, 0.3) is 0 Å². The second-order valence-electron chi connectivity index (χ2n) is 7.71. The van der Waals surface area contributed by atoms with Crippen molar-refractivity contribution < 1.29 is 37.0 Å². The number of carbonyl (C=O) groups excluding carboxylic acids is 3. The predicted octanol–water partition coefficient (Wildman–Crippen LogP) is 0.174. The molecular weight excluding hydrogens is 522 g/mol. The lowest BCUT2D eigenvalue weighted by molar-refractivity contribution is -0.145. The van der Waals surface area contributed by atoms with Gasteiger partial charge in [0.15, 0.2) is 0 Å². The maximum atomic E-state index is 13.6. The number of esters is 3. The lowest BCUT2D eigenvalue weighted by Gasteiger charge is -2.20. The smallest absolute Gasteiger partial charge is 0.337 e. The van der Waals surface area contributed by atoms with Gasteiger partial charge in [-0.3, -0.25) is 9.59 Å². The summed E-state index contributed by atoms with van der Waals surface area (Å²) in [7, 11) is -2.93. The van der Waals surface area contributed by atoms with E-state index in [4.69, 9.17) is 9.47 Å². The summed E-state index contributed by atoms with van der Waals surface area (Å²) >= 11 is 0. The number of aromatic nitrogens is 6. The van der Waals surface area contributed by atoms with Crippen molar-refractivity contribution in [2.24, 2.45) is 0 Å². The van der Waals surface area contributed by atoms with Gasteiger partial charge in [0.2, 0.25) is 10.0 Å². The Morgan fingerprint density at radius 2 is 1.32 bits per heavy atom.